The van der Waals surface area contributed by atoms with E-state index in [0.29, 0.717) is 30.2 Å². The first-order valence-electron chi connectivity index (χ1n) is 11.3. The summed E-state index contributed by atoms with van der Waals surface area (Å²) in [5.41, 5.74) is 5.12. The highest BCUT2D eigenvalue weighted by atomic mass is 35.5. The second kappa shape index (κ2) is 13.3. The van der Waals surface area contributed by atoms with Gasteiger partial charge in [0.15, 0.2) is 0 Å². The molecule has 0 heterocycles. The summed E-state index contributed by atoms with van der Waals surface area (Å²) in [6.45, 7) is 2.76. The Morgan fingerprint density at radius 1 is 1.00 bits per heavy atom. The number of esters is 1. The predicted molar refractivity (Wildman–Crippen MR) is 143 cm³/mol. The number of aryl methyl sites for hydroxylation is 1. The molecule has 0 aliphatic rings. The van der Waals surface area contributed by atoms with Gasteiger partial charge in [-0.3, -0.25) is 4.79 Å². The number of carbonyl (C=O) groups excluding carboxylic acids is 2. The van der Waals surface area contributed by atoms with Crippen molar-refractivity contribution in [1.29, 1.82) is 0 Å². The first kappa shape index (κ1) is 26.8. The average molecular weight is 512 g/mol. The lowest BCUT2D eigenvalue weighted by molar-refractivity contribution is -0.142. The van der Waals surface area contributed by atoms with E-state index in [2.05, 4.69) is 5.32 Å². The molecule has 7 heteroatoms. The van der Waals surface area contributed by atoms with Gasteiger partial charge in [0.05, 0.1) is 20.3 Å². The monoisotopic (exact) mass is 511 g/mol. The molecule has 0 radical (unpaired) electrons. The number of ether oxygens (including phenoxy) is 2. The lowest BCUT2D eigenvalue weighted by Gasteiger charge is -2.19. The van der Waals surface area contributed by atoms with Crippen LogP contribution in [0.4, 0.5) is 0 Å². The smallest absolute Gasteiger partial charge is 0.328 e. The zero-order valence-electron chi connectivity index (χ0n) is 20.2. The highest BCUT2D eigenvalue weighted by molar-refractivity contribution is 7.98. The highest BCUT2D eigenvalue weighted by Gasteiger charge is 2.23. The van der Waals surface area contributed by atoms with Crippen LogP contribution >= 0.6 is 23.4 Å². The van der Waals surface area contributed by atoms with Crippen molar-refractivity contribution < 1.29 is 19.1 Å². The molecule has 1 amide bonds. The van der Waals surface area contributed by atoms with E-state index in [1.807, 2.05) is 73.8 Å². The molecule has 0 aromatic heterocycles. The molecule has 0 bridgehead atoms. The van der Waals surface area contributed by atoms with Gasteiger partial charge in [-0.25, -0.2) is 4.79 Å². The third-order valence-corrected chi connectivity index (χ3v) is 6.66. The van der Waals surface area contributed by atoms with Gasteiger partial charge in [-0.15, -0.1) is 0 Å². The summed E-state index contributed by atoms with van der Waals surface area (Å²) in [7, 11) is 1.33. The van der Waals surface area contributed by atoms with Crippen LogP contribution in [0.25, 0.3) is 11.1 Å². The lowest BCUT2D eigenvalue weighted by atomic mass is 9.93. The zero-order valence-corrected chi connectivity index (χ0v) is 21.7. The minimum Gasteiger partial charge on any atom is -0.467 e. The summed E-state index contributed by atoms with van der Waals surface area (Å²) in [5.74, 6) is -0.0374. The van der Waals surface area contributed by atoms with E-state index in [4.69, 9.17) is 21.1 Å². The minimum absolute atomic E-state index is 0.316. The molecule has 3 aromatic rings. The second-order valence-corrected chi connectivity index (χ2v) is 9.50. The topological polar surface area (TPSA) is 64.6 Å². The van der Waals surface area contributed by atoms with Gasteiger partial charge in [-0.1, -0.05) is 60.1 Å². The normalized spacial score (nSPS) is 11.7. The van der Waals surface area contributed by atoms with Crippen molar-refractivity contribution in [2.75, 3.05) is 19.1 Å². The number of benzene rings is 3. The Bertz CT molecular complexity index is 1170. The molecule has 0 saturated heterocycles. The Balaban J connectivity index is 1.86. The molecule has 0 aliphatic carbocycles. The van der Waals surface area contributed by atoms with E-state index in [1.54, 1.807) is 17.8 Å². The van der Waals surface area contributed by atoms with Crippen LogP contribution in [0.2, 0.25) is 5.02 Å². The number of hydrogen-bond acceptors (Lipinski definition) is 5. The fraction of sp³-hybridized carbons (Fsp3) is 0.286. The lowest BCUT2D eigenvalue weighted by Crippen LogP contribution is -2.42. The van der Waals surface area contributed by atoms with Crippen LogP contribution in [0.5, 0.6) is 0 Å². The Morgan fingerprint density at radius 3 is 2.46 bits per heavy atom. The summed E-state index contributed by atoms with van der Waals surface area (Å²) in [5, 5.41) is 3.53. The van der Waals surface area contributed by atoms with Crippen molar-refractivity contribution in [3.63, 3.8) is 0 Å². The number of hydrogen-bond donors (Lipinski definition) is 1. The fourth-order valence-corrected chi connectivity index (χ4v) is 4.40. The summed E-state index contributed by atoms with van der Waals surface area (Å²) in [4.78, 5) is 25.6. The molecule has 5 nitrogen and oxygen atoms in total. The van der Waals surface area contributed by atoms with E-state index in [1.165, 1.54) is 7.11 Å². The van der Waals surface area contributed by atoms with Crippen LogP contribution in [0.3, 0.4) is 0 Å². The highest BCUT2D eigenvalue weighted by Crippen LogP contribution is 2.29. The number of amides is 1. The molecule has 0 saturated carbocycles. The third-order valence-electron chi connectivity index (χ3n) is 5.65. The van der Waals surface area contributed by atoms with Gasteiger partial charge >= 0.3 is 5.97 Å². The van der Waals surface area contributed by atoms with E-state index < -0.39 is 12.0 Å². The molecule has 1 N–H and O–H groups in total. The molecule has 0 fully saturated rings. The van der Waals surface area contributed by atoms with Gasteiger partial charge in [-0.2, -0.15) is 11.8 Å². The van der Waals surface area contributed by atoms with Crippen molar-refractivity contribution in [2.24, 2.45) is 0 Å². The first-order chi connectivity index (χ1) is 16.9. The van der Waals surface area contributed by atoms with Crippen molar-refractivity contribution in [3.05, 3.63) is 94.0 Å². The summed E-state index contributed by atoms with van der Waals surface area (Å²) in [6, 6.07) is 20.4. The quantitative estimate of drug-likeness (QED) is 0.317. The second-order valence-electron chi connectivity index (χ2n) is 8.11. The molecule has 184 valence electrons. The Morgan fingerprint density at radius 2 is 1.74 bits per heavy atom. The van der Waals surface area contributed by atoms with Crippen molar-refractivity contribution >= 4 is 35.2 Å². The number of thioether (sulfide) groups is 1. The zero-order chi connectivity index (χ0) is 25.2. The van der Waals surface area contributed by atoms with Gasteiger partial charge in [0.2, 0.25) is 0 Å². The molecule has 0 aliphatic heterocycles. The van der Waals surface area contributed by atoms with Crippen molar-refractivity contribution in [2.45, 2.75) is 32.6 Å². The average Bonchev–Trinajstić information content (AvgIpc) is 2.87. The van der Waals surface area contributed by atoms with Gasteiger partial charge in [-0.05, 0) is 71.4 Å². The summed E-state index contributed by atoms with van der Waals surface area (Å²) >= 11 is 7.84. The van der Waals surface area contributed by atoms with E-state index in [9.17, 15) is 9.59 Å². The molecule has 35 heavy (non-hydrogen) atoms. The predicted octanol–water partition coefficient (Wildman–Crippen LogP) is 6.06. The van der Waals surface area contributed by atoms with Crippen LogP contribution in [0, 0.1) is 6.92 Å². The maximum Gasteiger partial charge on any atom is 0.328 e. The van der Waals surface area contributed by atoms with Crippen LogP contribution < -0.4 is 5.32 Å². The van der Waals surface area contributed by atoms with E-state index >= 15 is 0 Å². The van der Waals surface area contributed by atoms with Gasteiger partial charge in [0.25, 0.3) is 5.91 Å². The van der Waals surface area contributed by atoms with Crippen LogP contribution in [-0.2, 0) is 27.5 Å². The maximum atomic E-state index is 13.3. The Hall–Kier alpha value is -2.80. The largest absolute Gasteiger partial charge is 0.467 e. The number of nitrogens with one attached hydrogen (secondary N) is 1. The summed E-state index contributed by atoms with van der Waals surface area (Å²) in [6.07, 6.45) is 2.45. The Labute approximate surface area is 216 Å². The van der Waals surface area contributed by atoms with Crippen LogP contribution in [0.1, 0.15) is 33.5 Å². The third kappa shape index (κ3) is 7.34. The number of methoxy groups -OCH3 is 1. The molecule has 3 rings (SSSR count). The molecule has 1 atom stereocenters. The molecule has 3 aromatic carbocycles. The summed E-state index contributed by atoms with van der Waals surface area (Å²) < 4.78 is 10.8. The minimum atomic E-state index is -0.705. The first-order valence-corrected chi connectivity index (χ1v) is 13.1. The van der Waals surface area contributed by atoms with Gasteiger partial charge in [0, 0.05) is 10.6 Å². The van der Waals surface area contributed by atoms with E-state index in [-0.39, 0.29) is 5.91 Å². The fourth-order valence-electron chi connectivity index (χ4n) is 3.73. The van der Waals surface area contributed by atoms with Crippen molar-refractivity contribution in [1.82, 2.24) is 5.32 Å². The number of halogens is 1. The standard InChI is InChI=1S/C28H30ClNO4S/c1-19-8-4-6-10-22(19)24-16-20(17-34-18-21-9-5-7-11-25(21)29)12-13-23(24)27(31)30-26(14-15-35-3)28(32)33-2/h4-13,16,26H,14-15,17-18H2,1-3H3,(H,30,31). The number of carbonyl (C=O) groups is 2. The molecule has 0 spiro atoms. The molecular weight excluding hydrogens is 482 g/mol. The Kier molecular flexibility index (Phi) is 10.2. The van der Waals surface area contributed by atoms with Crippen molar-refractivity contribution in [3.8, 4) is 11.1 Å². The van der Waals surface area contributed by atoms with Crippen LogP contribution in [0.15, 0.2) is 66.7 Å². The van der Waals surface area contributed by atoms with Crippen LogP contribution in [-0.4, -0.2) is 37.0 Å². The van der Waals surface area contributed by atoms with E-state index in [0.717, 1.165) is 33.6 Å². The van der Waals surface area contributed by atoms with Gasteiger partial charge < -0.3 is 14.8 Å². The molecular formula is C28H30ClNO4S. The SMILES string of the molecule is COC(=O)C(CCSC)NC(=O)c1ccc(COCc2ccccc2Cl)cc1-c1ccccc1C. The number of rotatable bonds is 11. The van der Waals surface area contributed by atoms with Gasteiger partial charge in [0.1, 0.15) is 6.04 Å². The molecule has 1 unspecified atom stereocenters. The maximum absolute atomic E-state index is 13.3.